The Morgan fingerprint density at radius 1 is 1.33 bits per heavy atom. The molecule has 0 saturated heterocycles. The second kappa shape index (κ2) is 8.29. The molecule has 1 unspecified atom stereocenters. The third-order valence-electron chi connectivity index (χ3n) is 4.07. The number of hydrogen-bond acceptors (Lipinski definition) is 5. The Morgan fingerprint density at radius 2 is 2.14 bits per heavy atom. The average molecular weight is 293 g/mol. The molecule has 5 nitrogen and oxygen atoms in total. The summed E-state index contributed by atoms with van der Waals surface area (Å²) in [5.41, 5.74) is 1.04. The Kier molecular flexibility index (Phi) is 6.39. The van der Waals surface area contributed by atoms with Crippen molar-refractivity contribution in [2.24, 2.45) is 5.92 Å². The van der Waals surface area contributed by atoms with E-state index < -0.39 is 0 Å². The van der Waals surface area contributed by atoms with Crippen LogP contribution in [-0.2, 0) is 11.2 Å². The van der Waals surface area contributed by atoms with Gasteiger partial charge >= 0.3 is 0 Å². The van der Waals surface area contributed by atoms with Crippen LogP contribution in [0.4, 0.5) is 0 Å². The van der Waals surface area contributed by atoms with Crippen molar-refractivity contribution >= 4 is 0 Å². The third kappa shape index (κ3) is 4.93. The van der Waals surface area contributed by atoms with Crippen molar-refractivity contribution in [2.75, 3.05) is 20.3 Å². The molecule has 1 heterocycles. The lowest BCUT2D eigenvalue weighted by Crippen LogP contribution is -2.39. The zero-order valence-electron chi connectivity index (χ0n) is 13.3. The number of hydrogen-bond donors (Lipinski definition) is 1. The summed E-state index contributed by atoms with van der Waals surface area (Å²) in [7, 11) is 1.64. The number of rotatable bonds is 9. The number of methoxy groups -OCH3 is 1. The van der Waals surface area contributed by atoms with Gasteiger partial charge in [-0.3, -0.25) is 0 Å². The third-order valence-corrected chi connectivity index (χ3v) is 4.07. The van der Waals surface area contributed by atoms with Gasteiger partial charge in [-0.2, -0.15) is 0 Å². The van der Waals surface area contributed by atoms with E-state index in [4.69, 9.17) is 9.47 Å². The summed E-state index contributed by atoms with van der Waals surface area (Å²) in [4.78, 5) is 8.41. The lowest BCUT2D eigenvalue weighted by atomic mass is 9.77. The minimum Gasteiger partial charge on any atom is -0.481 e. The van der Waals surface area contributed by atoms with Crippen LogP contribution in [0.15, 0.2) is 12.4 Å². The molecule has 1 aromatic rings. The summed E-state index contributed by atoms with van der Waals surface area (Å²) < 4.78 is 10.8. The number of aromatic nitrogens is 2. The van der Waals surface area contributed by atoms with Gasteiger partial charge in [-0.05, 0) is 38.6 Å². The fourth-order valence-corrected chi connectivity index (χ4v) is 3.02. The zero-order valence-corrected chi connectivity index (χ0v) is 13.3. The first-order valence-electron chi connectivity index (χ1n) is 7.95. The molecule has 0 bridgehead atoms. The number of ether oxygens (including phenoxy) is 2. The molecule has 118 valence electrons. The predicted molar refractivity (Wildman–Crippen MR) is 82.5 cm³/mol. The Morgan fingerprint density at radius 3 is 2.81 bits per heavy atom. The smallest absolute Gasteiger partial charge is 0.216 e. The monoisotopic (exact) mass is 293 g/mol. The molecule has 1 atom stereocenters. The molecule has 21 heavy (non-hydrogen) atoms. The molecule has 1 aliphatic rings. The summed E-state index contributed by atoms with van der Waals surface area (Å²) in [6, 6.07) is 2.39. The van der Waals surface area contributed by atoms with E-state index in [1.165, 1.54) is 19.3 Å². The number of likely N-dealkylation sites (N-methyl/N-ethyl adjacent to an activating group) is 1. The van der Waals surface area contributed by atoms with Crippen molar-refractivity contribution in [1.82, 2.24) is 15.3 Å². The first-order valence-corrected chi connectivity index (χ1v) is 7.95. The fourth-order valence-electron chi connectivity index (χ4n) is 3.02. The van der Waals surface area contributed by atoms with Crippen LogP contribution in [0.1, 0.15) is 38.8 Å². The van der Waals surface area contributed by atoms with Gasteiger partial charge in [0, 0.05) is 30.8 Å². The van der Waals surface area contributed by atoms with Crippen LogP contribution in [-0.4, -0.2) is 42.4 Å². The molecule has 1 aliphatic carbocycles. The highest BCUT2D eigenvalue weighted by Crippen LogP contribution is 2.34. The van der Waals surface area contributed by atoms with Gasteiger partial charge in [0.05, 0.1) is 13.2 Å². The van der Waals surface area contributed by atoms with E-state index in [9.17, 15) is 0 Å². The maximum absolute atomic E-state index is 5.64. The number of nitrogens with one attached hydrogen (secondary N) is 1. The van der Waals surface area contributed by atoms with Gasteiger partial charge in [0.25, 0.3) is 0 Å². The SMILES string of the molecule is CCNC(Cc1cc(OC)ncn1)CC1CC(OCC)C1. The molecule has 0 radical (unpaired) electrons. The Labute approximate surface area is 127 Å². The fraction of sp³-hybridized carbons (Fsp3) is 0.750. The Bertz CT molecular complexity index is 422. The van der Waals surface area contributed by atoms with Gasteiger partial charge in [0.2, 0.25) is 5.88 Å². The molecular weight excluding hydrogens is 266 g/mol. The topological polar surface area (TPSA) is 56.3 Å². The second-order valence-electron chi connectivity index (χ2n) is 5.66. The van der Waals surface area contributed by atoms with Crippen LogP contribution in [0.25, 0.3) is 0 Å². The first-order chi connectivity index (χ1) is 10.2. The molecule has 0 amide bonds. The predicted octanol–water partition coefficient (Wildman–Crippen LogP) is 2.21. The van der Waals surface area contributed by atoms with Crippen LogP contribution in [0, 0.1) is 5.92 Å². The van der Waals surface area contributed by atoms with Crippen molar-refractivity contribution in [2.45, 2.75) is 51.7 Å². The minimum atomic E-state index is 0.460. The summed E-state index contributed by atoms with van der Waals surface area (Å²) in [6.45, 7) is 6.03. The van der Waals surface area contributed by atoms with Gasteiger partial charge in [-0.25, -0.2) is 9.97 Å². The van der Waals surface area contributed by atoms with Gasteiger partial charge in [0.1, 0.15) is 6.33 Å². The highest BCUT2D eigenvalue weighted by Gasteiger charge is 2.31. The van der Waals surface area contributed by atoms with Gasteiger partial charge in [-0.1, -0.05) is 6.92 Å². The molecule has 0 aromatic carbocycles. The van der Waals surface area contributed by atoms with Crippen LogP contribution in [0.5, 0.6) is 5.88 Å². The van der Waals surface area contributed by atoms with E-state index in [1.54, 1.807) is 13.4 Å². The molecule has 1 aromatic heterocycles. The lowest BCUT2D eigenvalue weighted by Gasteiger charge is -2.37. The highest BCUT2D eigenvalue weighted by atomic mass is 16.5. The quantitative estimate of drug-likeness (QED) is 0.756. The Hall–Kier alpha value is -1.20. The van der Waals surface area contributed by atoms with Gasteiger partial charge in [-0.15, -0.1) is 0 Å². The van der Waals surface area contributed by atoms with Gasteiger partial charge in [0.15, 0.2) is 0 Å². The van der Waals surface area contributed by atoms with E-state index in [2.05, 4.69) is 29.1 Å². The second-order valence-corrected chi connectivity index (χ2v) is 5.66. The Balaban J connectivity index is 1.84. The van der Waals surface area contributed by atoms with E-state index in [0.717, 1.165) is 31.2 Å². The molecule has 1 saturated carbocycles. The van der Waals surface area contributed by atoms with Gasteiger partial charge < -0.3 is 14.8 Å². The molecule has 1 fully saturated rings. The van der Waals surface area contributed by atoms with Crippen molar-refractivity contribution in [3.63, 3.8) is 0 Å². The molecular formula is C16H27N3O2. The molecule has 0 spiro atoms. The van der Waals surface area contributed by atoms with Crippen LogP contribution in [0.2, 0.25) is 0 Å². The standard InChI is InChI=1S/C16H27N3O2/c1-4-17-13(6-12-7-15(8-12)21-5-2)9-14-10-16(20-3)19-11-18-14/h10-13,15,17H,4-9H2,1-3H3. The normalized spacial score (nSPS) is 22.6. The van der Waals surface area contributed by atoms with Crippen LogP contribution >= 0.6 is 0 Å². The van der Waals surface area contributed by atoms with E-state index in [1.807, 2.05) is 6.07 Å². The highest BCUT2D eigenvalue weighted by molar-refractivity contribution is 5.14. The lowest BCUT2D eigenvalue weighted by molar-refractivity contribution is -0.0290. The zero-order chi connectivity index (χ0) is 15.1. The largest absolute Gasteiger partial charge is 0.481 e. The van der Waals surface area contributed by atoms with Crippen LogP contribution < -0.4 is 10.1 Å². The average Bonchev–Trinajstić information content (AvgIpc) is 2.45. The van der Waals surface area contributed by atoms with E-state index >= 15 is 0 Å². The van der Waals surface area contributed by atoms with E-state index in [-0.39, 0.29) is 0 Å². The summed E-state index contributed by atoms with van der Waals surface area (Å²) in [6.07, 6.45) is 6.56. The van der Waals surface area contributed by atoms with Crippen molar-refractivity contribution in [1.29, 1.82) is 0 Å². The molecule has 0 aliphatic heterocycles. The van der Waals surface area contributed by atoms with Crippen molar-refractivity contribution < 1.29 is 9.47 Å². The molecule has 2 rings (SSSR count). The minimum absolute atomic E-state index is 0.460. The molecule has 5 heteroatoms. The summed E-state index contributed by atoms with van der Waals surface area (Å²) in [5.74, 6) is 1.41. The molecule has 1 N–H and O–H groups in total. The van der Waals surface area contributed by atoms with Crippen LogP contribution in [0.3, 0.4) is 0 Å². The maximum atomic E-state index is 5.64. The van der Waals surface area contributed by atoms with Crippen molar-refractivity contribution in [3.05, 3.63) is 18.1 Å². The van der Waals surface area contributed by atoms with E-state index in [0.29, 0.717) is 18.0 Å². The summed E-state index contributed by atoms with van der Waals surface area (Å²) >= 11 is 0. The maximum Gasteiger partial charge on any atom is 0.216 e. The summed E-state index contributed by atoms with van der Waals surface area (Å²) in [5, 5.41) is 3.57. The number of nitrogens with zero attached hydrogens (tertiary/aromatic N) is 2. The first kappa shape index (κ1) is 16.2. The van der Waals surface area contributed by atoms with Crippen molar-refractivity contribution in [3.8, 4) is 5.88 Å².